The van der Waals surface area contributed by atoms with Crippen LogP contribution in [0.2, 0.25) is 20.1 Å². The van der Waals surface area contributed by atoms with Crippen LogP contribution >= 0.6 is 58.2 Å². The second kappa shape index (κ2) is 13.0. The number of nitrogens with one attached hydrogen (secondary N) is 1. The fraction of sp³-hybridized carbons (Fsp3) is 0.391. The zero-order valence-corrected chi connectivity index (χ0v) is 22.0. The van der Waals surface area contributed by atoms with Crippen LogP contribution in [0.1, 0.15) is 38.3 Å². The minimum absolute atomic E-state index is 0.0172. The van der Waals surface area contributed by atoms with Crippen LogP contribution in [0.25, 0.3) is 0 Å². The fourth-order valence-electron chi connectivity index (χ4n) is 2.88. The molecule has 1 N–H and O–H groups in total. The smallest absolute Gasteiger partial charge is 0.242 e. The minimum Gasteiger partial charge on any atom is -0.352 e. The number of hydrogen-bond acceptors (Lipinski definition) is 3. The van der Waals surface area contributed by atoms with Gasteiger partial charge in [-0.25, -0.2) is 0 Å². The highest BCUT2D eigenvalue weighted by atomic mass is 35.5. The summed E-state index contributed by atoms with van der Waals surface area (Å²) in [6.45, 7) is 5.88. The number of rotatable bonds is 10. The van der Waals surface area contributed by atoms with Gasteiger partial charge in [-0.2, -0.15) is 0 Å². The largest absolute Gasteiger partial charge is 0.352 e. The van der Waals surface area contributed by atoms with Gasteiger partial charge in [0.15, 0.2) is 0 Å². The molecular formula is C23H26Cl4N2O2S. The first kappa shape index (κ1) is 27.1. The Morgan fingerprint density at radius 2 is 1.66 bits per heavy atom. The van der Waals surface area contributed by atoms with Gasteiger partial charge in [0.1, 0.15) is 6.04 Å². The summed E-state index contributed by atoms with van der Waals surface area (Å²) in [5, 5.41) is 4.90. The normalized spacial score (nSPS) is 12.8. The molecule has 2 aromatic rings. The molecule has 0 radical (unpaired) electrons. The highest BCUT2D eigenvalue weighted by molar-refractivity contribution is 7.99. The Morgan fingerprint density at radius 3 is 2.25 bits per heavy atom. The topological polar surface area (TPSA) is 49.4 Å². The van der Waals surface area contributed by atoms with Gasteiger partial charge in [-0.15, -0.1) is 11.8 Å². The quantitative estimate of drug-likeness (QED) is 0.361. The molecule has 0 aliphatic rings. The molecule has 4 nitrogen and oxygen atoms in total. The molecule has 9 heteroatoms. The van der Waals surface area contributed by atoms with E-state index in [1.54, 1.807) is 48.2 Å². The van der Waals surface area contributed by atoms with Crippen LogP contribution < -0.4 is 5.32 Å². The van der Waals surface area contributed by atoms with E-state index >= 15 is 0 Å². The summed E-state index contributed by atoms with van der Waals surface area (Å²) < 4.78 is 0. The van der Waals surface area contributed by atoms with Crippen molar-refractivity contribution in [2.24, 2.45) is 0 Å². The molecule has 0 bridgehead atoms. The maximum absolute atomic E-state index is 13.2. The summed E-state index contributed by atoms with van der Waals surface area (Å²) in [5.41, 5.74) is 1.57. The molecule has 32 heavy (non-hydrogen) atoms. The number of nitrogens with zero attached hydrogens (tertiary/aromatic N) is 1. The number of amides is 2. The van der Waals surface area contributed by atoms with Crippen molar-refractivity contribution in [1.29, 1.82) is 0 Å². The molecule has 2 amide bonds. The average molecular weight is 536 g/mol. The lowest BCUT2D eigenvalue weighted by Crippen LogP contribution is -2.50. The van der Waals surface area contributed by atoms with E-state index < -0.39 is 6.04 Å². The van der Waals surface area contributed by atoms with Gasteiger partial charge < -0.3 is 10.2 Å². The van der Waals surface area contributed by atoms with Gasteiger partial charge in [-0.05, 0) is 55.7 Å². The second-order valence-corrected chi connectivity index (χ2v) is 10.1. The minimum atomic E-state index is -0.657. The van der Waals surface area contributed by atoms with E-state index in [1.165, 1.54) is 11.8 Å². The standard InChI is InChI=1S/C23H26Cl4N2O2S/c1-4-14(2)28-23(31)15(3)29(11-16-8-9-20(26)21(27)10-16)22(30)13-32-12-17-18(24)6-5-7-19(17)25/h5-10,14-15H,4,11-13H2,1-3H3,(H,28,31)/t14-,15-/m1/s1. The Kier molecular flexibility index (Phi) is 11.0. The molecule has 2 rings (SSSR count). The van der Waals surface area contributed by atoms with E-state index in [0.717, 1.165) is 17.5 Å². The number of carbonyl (C=O) groups is 2. The van der Waals surface area contributed by atoms with Crippen LogP contribution in [0.5, 0.6) is 0 Å². The molecule has 0 aliphatic carbocycles. The van der Waals surface area contributed by atoms with Crippen molar-refractivity contribution in [1.82, 2.24) is 10.2 Å². The summed E-state index contributed by atoms with van der Waals surface area (Å²) in [6, 6.07) is 9.86. The SMILES string of the molecule is CC[C@@H](C)NC(=O)[C@@H](C)N(Cc1ccc(Cl)c(Cl)c1)C(=O)CSCc1c(Cl)cccc1Cl. The summed E-state index contributed by atoms with van der Waals surface area (Å²) in [6.07, 6.45) is 0.799. The van der Waals surface area contributed by atoms with Gasteiger partial charge in [-0.3, -0.25) is 9.59 Å². The van der Waals surface area contributed by atoms with Crippen LogP contribution in [-0.4, -0.2) is 34.6 Å². The molecule has 0 aliphatic heterocycles. The van der Waals surface area contributed by atoms with Crippen molar-refractivity contribution in [2.75, 3.05) is 5.75 Å². The summed E-state index contributed by atoms with van der Waals surface area (Å²) in [5.74, 6) is 0.283. The third-order valence-corrected chi connectivity index (χ3v) is 7.43. The molecule has 2 atom stereocenters. The molecule has 174 valence electrons. The predicted octanol–water partition coefficient (Wildman–Crippen LogP) is 6.87. The summed E-state index contributed by atoms with van der Waals surface area (Å²) in [4.78, 5) is 27.5. The highest BCUT2D eigenvalue weighted by Crippen LogP contribution is 2.29. The molecular weight excluding hydrogens is 510 g/mol. The first-order valence-electron chi connectivity index (χ1n) is 10.2. The number of carbonyl (C=O) groups excluding carboxylic acids is 2. The first-order valence-corrected chi connectivity index (χ1v) is 12.8. The zero-order chi connectivity index (χ0) is 23.8. The Balaban J connectivity index is 2.15. The molecule has 0 fully saturated rings. The number of hydrogen-bond donors (Lipinski definition) is 1. The van der Waals surface area contributed by atoms with Crippen molar-refractivity contribution < 1.29 is 9.59 Å². The van der Waals surface area contributed by atoms with Gasteiger partial charge >= 0.3 is 0 Å². The monoisotopic (exact) mass is 534 g/mol. The Hall–Kier alpha value is -1.11. The molecule has 0 spiro atoms. The number of benzene rings is 2. The van der Waals surface area contributed by atoms with Gasteiger partial charge in [0.25, 0.3) is 0 Å². The highest BCUT2D eigenvalue weighted by Gasteiger charge is 2.27. The van der Waals surface area contributed by atoms with Crippen LogP contribution in [0, 0.1) is 0 Å². The van der Waals surface area contributed by atoms with Gasteiger partial charge in [0.05, 0.1) is 15.8 Å². The molecule has 0 saturated carbocycles. The van der Waals surface area contributed by atoms with Gasteiger partial charge in [0, 0.05) is 28.4 Å². The van der Waals surface area contributed by atoms with Crippen LogP contribution in [0.4, 0.5) is 0 Å². The maximum atomic E-state index is 13.2. The van der Waals surface area contributed by atoms with Crippen molar-refractivity contribution in [3.63, 3.8) is 0 Å². The molecule has 2 aromatic carbocycles. The van der Waals surface area contributed by atoms with E-state index in [9.17, 15) is 9.59 Å². The van der Waals surface area contributed by atoms with E-state index in [1.807, 2.05) is 13.8 Å². The van der Waals surface area contributed by atoms with Crippen LogP contribution in [0.15, 0.2) is 36.4 Å². The lowest BCUT2D eigenvalue weighted by Gasteiger charge is -2.29. The Labute approximate surface area is 213 Å². The third kappa shape index (κ3) is 7.74. The van der Waals surface area contributed by atoms with Crippen LogP contribution in [0.3, 0.4) is 0 Å². The lowest BCUT2D eigenvalue weighted by molar-refractivity contribution is -0.138. The van der Waals surface area contributed by atoms with E-state index in [2.05, 4.69) is 5.32 Å². The lowest BCUT2D eigenvalue weighted by atomic mass is 10.1. The van der Waals surface area contributed by atoms with E-state index in [4.69, 9.17) is 46.4 Å². The summed E-state index contributed by atoms with van der Waals surface area (Å²) >= 11 is 26.0. The van der Waals surface area contributed by atoms with Crippen LogP contribution in [-0.2, 0) is 21.9 Å². The van der Waals surface area contributed by atoms with E-state index in [0.29, 0.717) is 25.8 Å². The number of halogens is 4. The predicted molar refractivity (Wildman–Crippen MR) is 137 cm³/mol. The summed E-state index contributed by atoms with van der Waals surface area (Å²) in [7, 11) is 0. The average Bonchev–Trinajstić information content (AvgIpc) is 2.75. The van der Waals surface area contributed by atoms with Gasteiger partial charge in [0.2, 0.25) is 11.8 Å². The van der Waals surface area contributed by atoms with Gasteiger partial charge in [-0.1, -0.05) is 65.5 Å². The van der Waals surface area contributed by atoms with Crippen molar-refractivity contribution >= 4 is 70.0 Å². The first-order chi connectivity index (χ1) is 15.1. The Bertz CT molecular complexity index is 937. The third-order valence-electron chi connectivity index (χ3n) is 5.04. The van der Waals surface area contributed by atoms with Crippen molar-refractivity contribution in [3.8, 4) is 0 Å². The maximum Gasteiger partial charge on any atom is 0.242 e. The molecule has 0 heterocycles. The van der Waals surface area contributed by atoms with Crippen molar-refractivity contribution in [2.45, 2.75) is 51.6 Å². The second-order valence-electron chi connectivity index (χ2n) is 7.46. The zero-order valence-electron chi connectivity index (χ0n) is 18.1. The fourth-order valence-corrected chi connectivity index (χ4v) is 4.84. The number of thioether (sulfide) groups is 1. The molecule has 0 saturated heterocycles. The molecule has 0 unspecified atom stereocenters. The van der Waals surface area contributed by atoms with E-state index in [-0.39, 0.29) is 30.2 Å². The van der Waals surface area contributed by atoms with Crippen molar-refractivity contribution in [3.05, 3.63) is 67.6 Å². The molecule has 0 aromatic heterocycles. The Morgan fingerprint density at radius 1 is 1.00 bits per heavy atom.